The maximum absolute atomic E-state index is 13.7. The molecule has 1 aromatic carbocycles. The van der Waals surface area contributed by atoms with Crippen molar-refractivity contribution in [1.82, 2.24) is 4.90 Å². The molecule has 0 bridgehead atoms. The second kappa shape index (κ2) is 6.47. The standard InChI is InChI=1S/C16H19F4NO2/c1-11(12-4-2-3-5-13(12)17)10-14(22)21-8-6-15(23,7-9-21)16(18,19)20/h2-5,11,23H,6-10H2,1H3. The molecule has 1 unspecified atom stereocenters. The van der Waals surface area contributed by atoms with Gasteiger partial charge in [-0.05, 0) is 17.5 Å². The van der Waals surface area contributed by atoms with Gasteiger partial charge < -0.3 is 10.0 Å². The van der Waals surface area contributed by atoms with Gasteiger partial charge in [-0.3, -0.25) is 4.79 Å². The average molecular weight is 333 g/mol. The maximum atomic E-state index is 13.7. The van der Waals surface area contributed by atoms with Crippen LogP contribution >= 0.6 is 0 Å². The quantitative estimate of drug-likeness (QED) is 0.863. The summed E-state index contributed by atoms with van der Waals surface area (Å²) in [4.78, 5) is 13.5. The molecule has 1 N–H and O–H groups in total. The van der Waals surface area contributed by atoms with E-state index in [0.717, 1.165) is 0 Å². The average Bonchev–Trinajstić information content (AvgIpc) is 2.47. The van der Waals surface area contributed by atoms with E-state index in [-0.39, 0.29) is 31.3 Å². The summed E-state index contributed by atoms with van der Waals surface area (Å²) in [7, 11) is 0. The summed E-state index contributed by atoms with van der Waals surface area (Å²) in [6.45, 7) is 1.39. The minimum Gasteiger partial charge on any atom is -0.380 e. The van der Waals surface area contributed by atoms with E-state index in [1.165, 1.54) is 11.0 Å². The number of piperidine rings is 1. The van der Waals surface area contributed by atoms with Crippen molar-refractivity contribution in [3.05, 3.63) is 35.6 Å². The van der Waals surface area contributed by atoms with Crippen LogP contribution in [0.2, 0.25) is 0 Å². The van der Waals surface area contributed by atoms with Crippen LogP contribution in [0, 0.1) is 5.82 Å². The number of hydrogen-bond donors (Lipinski definition) is 1. The molecular formula is C16H19F4NO2. The number of carbonyl (C=O) groups is 1. The lowest BCUT2D eigenvalue weighted by Gasteiger charge is -2.39. The molecule has 0 radical (unpaired) electrons. The van der Waals surface area contributed by atoms with E-state index < -0.39 is 30.4 Å². The third-order valence-electron chi connectivity index (χ3n) is 4.39. The highest BCUT2D eigenvalue weighted by molar-refractivity contribution is 5.77. The summed E-state index contributed by atoms with van der Waals surface area (Å²) >= 11 is 0. The number of carbonyl (C=O) groups excluding carboxylic acids is 1. The Morgan fingerprint density at radius 3 is 2.39 bits per heavy atom. The number of likely N-dealkylation sites (tertiary alicyclic amines) is 1. The Labute approximate surface area is 131 Å². The van der Waals surface area contributed by atoms with Crippen LogP contribution in [0.3, 0.4) is 0 Å². The van der Waals surface area contributed by atoms with Crippen molar-refractivity contribution >= 4 is 5.91 Å². The Kier molecular flexibility index (Phi) is 4.98. The Morgan fingerprint density at radius 2 is 1.87 bits per heavy atom. The topological polar surface area (TPSA) is 40.5 Å². The zero-order chi connectivity index (χ0) is 17.3. The fraction of sp³-hybridized carbons (Fsp3) is 0.562. The van der Waals surface area contributed by atoms with Crippen molar-refractivity contribution in [3.8, 4) is 0 Å². The Balaban J connectivity index is 1.95. The zero-order valence-electron chi connectivity index (χ0n) is 12.7. The summed E-state index contributed by atoms with van der Waals surface area (Å²) < 4.78 is 51.9. The molecule has 0 spiro atoms. The molecule has 23 heavy (non-hydrogen) atoms. The van der Waals surface area contributed by atoms with Crippen LogP contribution in [0.5, 0.6) is 0 Å². The molecule has 1 fully saturated rings. The molecule has 3 nitrogen and oxygen atoms in total. The molecule has 0 saturated carbocycles. The molecule has 7 heteroatoms. The van der Waals surface area contributed by atoms with Crippen LogP contribution in [0.4, 0.5) is 17.6 Å². The first-order valence-corrected chi connectivity index (χ1v) is 7.45. The molecule has 1 aliphatic rings. The highest BCUT2D eigenvalue weighted by Crippen LogP contribution is 2.38. The van der Waals surface area contributed by atoms with Crippen molar-refractivity contribution in [2.24, 2.45) is 0 Å². The number of rotatable bonds is 3. The monoisotopic (exact) mass is 333 g/mol. The first kappa shape index (κ1) is 17.7. The van der Waals surface area contributed by atoms with Crippen LogP contribution in [0.15, 0.2) is 24.3 Å². The number of amides is 1. The molecule has 1 atom stereocenters. The van der Waals surface area contributed by atoms with Gasteiger partial charge in [0, 0.05) is 32.4 Å². The fourth-order valence-electron chi connectivity index (χ4n) is 2.79. The smallest absolute Gasteiger partial charge is 0.380 e. The van der Waals surface area contributed by atoms with Crippen molar-refractivity contribution in [1.29, 1.82) is 0 Å². The van der Waals surface area contributed by atoms with E-state index in [1.54, 1.807) is 25.1 Å². The third-order valence-corrected chi connectivity index (χ3v) is 4.39. The largest absolute Gasteiger partial charge is 0.417 e. The lowest BCUT2D eigenvalue weighted by atomic mass is 9.90. The van der Waals surface area contributed by atoms with Gasteiger partial charge in [0.15, 0.2) is 5.60 Å². The van der Waals surface area contributed by atoms with Gasteiger partial charge in [0.05, 0.1) is 0 Å². The molecule has 1 saturated heterocycles. The summed E-state index contributed by atoms with van der Waals surface area (Å²) in [5.41, 5.74) is -2.31. The van der Waals surface area contributed by atoms with Crippen molar-refractivity contribution in [2.75, 3.05) is 13.1 Å². The molecule has 0 aliphatic carbocycles. The van der Waals surface area contributed by atoms with Crippen LogP contribution in [0.1, 0.15) is 37.7 Å². The SMILES string of the molecule is CC(CC(=O)N1CCC(O)(C(F)(F)F)CC1)c1ccccc1F. The van der Waals surface area contributed by atoms with Gasteiger partial charge >= 0.3 is 6.18 Å². The number of halogens is 4. The van der Waals surface area contributed by atoms with E-state index in [1.807, 2.05) is 0 Å². The van der Waals surface area contributed by atoms with E-state index in [4.69, 9.17) is 0 Å². The zero-order valence-corrected chi connectivity index (χ0v) is 12.7. The molecule has 1 aromatic rings. The van der Waals surface area contributed by atoms with E-state index in [2.05, 4.69) is 0 Å². The maximum Gasteiger partial charge on any atom is 0.417 e. The first-order chi connectivity index (χ1) is 10.6. The van der Waals surface area contributed by atoms with E-state index in [0.29, 0.717) is 5.56 Å². The number of benzene rings is 1. The second-order valence-electron chi connectivity index (χ2n) is 6.04. The van der Waals surface area contributed by atoms with Gasteiger partial charge in [-0.15, -0.1) is 0 Å². The van der Waals surface area contributed by atoms with E-state index in [9.17, 15) is 27.5 Å². The van der Waals surface area contributed by atoms with Gasteiger partial charge in [-0.1, -0.05) is 25.1 Å². The Hall–Kier alpha value is -1.63. The fourth-order valence-corrected chi connectivity index (χ4v) is 2.79. The van der Waals surface area contributed by atoms with Gasteiger partial charge in [0.2, 0.25) is 5.91 Å². The minimum atomic E-state index is -4.69. The molecule has 1 heterocycles. The predicted molar refractivity (Wildman–Crippen MR) is 76.3 cm³/mol. The first-order valence-electron chi connectivity index (χ1n) is 7.45. The Morgan fingerprint density at radius 1 is 1.30 bits per heavy atom. The summed E-state index contributed by atoms with van der Waals surface area (Å²) in [6, 6.07) is 6.12. The van der Waals surface area contributed by atoms with Crippen molar-refractivity contribution < 1.29 is 27.5 Å². The normalized spacial score (nSPS) is 19.5. The number of alkyl halides is 3. The van der Waals surface area contributed by atoms with Crippen LogP contribution in [-0.2, 0) is 4.79 Å². The number of hydrogen-bond acceptors (Lipinski definition) is 2. The lowest BCUT2D eigenvalue weighted by molar-refractivity contribution is -0.272. The van der Waals surface area contributed by atoms with Gasteiger partial charge in [-0.25, -0.2) is 4.39 Å². The molecule has 0 aromatic heterocycles. The number of aliphatic hydroxyl groups is 1. The Bertz CT molecular complexity index is 565. The van der Waals surface area contributed by atoms with Gasteiger partial charge in [-0.2, -0.15) is 13.2 Å². The highest BCUT2D eigenvalue weighted by atomic mass is 19.4. The third kappa shape index (κ3) is 3.83. The summed E-state index contributed by atoms with van der Waals surface area (Å²) in [6.07, 6.45) is -5.74. The van der Waals surface area contributed by atoms with Crippen LogP contribution in [-0.4, -0.2) is 40.8 Å². The summed E-state index contributed by atoms with van der Waals surface area (Å²) in [5, 5.41) is 9.59. The highest BCUT2D eigenvalue weighted by Gasteiger charge is 2.54. The molecule has 128 valence electrons. The number of nitrogens with zero attached hydrogens (tertiary/aromatic N) is 1. The molecule has 1 amide bonds. The molecular weight excluding hydrogens is 314 g/mol. The van der Waals surface area contributed by atoms with Crippen molar-refractivity contribution in [3.63, 3.8) is 0 Å². The van der Waals surface area contributed by atoms with Gasteiger partial charge in [0.25, 0.3) is 0 Å². The predicted octanol–water partition coefficient (Wildman–Crippen LogP) is 3.24. The van der Waals surface area contributed by atoms with Crippen LogP contribution in [0.25, 0.3) is 0 Å². The van der Waals surface area contributed by atoms with Gasteiger partial charge in [0.1, 0.15) is 5.82 Å². The minimum absolute atomic E-state index is 0.0192. The molecule has 1 aliphatic heterocycles. The summed E-state index contributed by atoms with van der Waals surface area (Å²) in [5.74, 6) is -1.10. The van der Waals surface area contributed by atoms with Crippen LogP contribution < -0.4 is 0 Å². The molecule has 2 rings (SSSR count). The van der Waals surface area contributed by atoms with E-state index >= 15 is 0 Å². The van der Waals surface area contributed by atoms with Crippen molar-refractivity contribution in [2.45, 2.75) is 43.9 Å². The lowest BCUT2D eigenvalue weighted by Crippen LogP contribution is -2.54. The second-order valence-corrected chi connectivity index (χ2v) is 6.04.